The third-order valence-corrected chi connectivity index (χ3v) is 4.77. The Morgan fingerprint density at radius 2 is 2.00 bits per heavy atom. The van der Waals surface area contributed by atoms with Gasteiger partial charge in [0.15, 0.2) is 0 Å². The number of piperazine rings is 1. The van der Waals surface area contributed by atoms with Crippen LogP contribution in [-0.4, -0.2) is 72.4 Å². The monoisotopic (exact) mass is 405 g/mol. The predicted molar refractivity (Wildman–Crippen MR) is 92.7 cm³/mol. The molecule has 1 atom stereocenters. The molecule has 2 N–H and O–H groups in total. The van der Waals surface area contributed by atoms with Gasteiger partial charge in [0.2, 0.25) is 0 Å². The lowest BCUT2D eigenvalue weighted by atomic mass is 10.2. The van der Waals surface area contributed by atoms with Crippen molar-refractivity contribution in [2.45, 2.75) is 18.6 Å². The van der Waals surface area contributed by atoms with E-state index in [9.17, 15) is 13.2 Å². The summed E-state index contributed by atoms with van der Waals surface area (Å²) in [4.78, 5) is 18.0. The molecule has 0 saturated carbocycles. The number of rotatable bonds is 2. The molecule has 2 aliphatic rings. The number of nitrogens with one attached hydrogen (secondary N) is 1. The summed E-state index contributed by atoms with van der Waals surface area (Å²) in [7, 11) is 0. The highest BCUT2D eigenvalue weighted by atomic mass is 35.5. The van der Waals surface area contributed by atoms with E-state index in [1.807, 2.05) is 0 Å². The van der Waals surface area contributed by atoms with Crippen molar-refractivity contribution in [2.75, 3.05) is 44.2 Å². The van der Waals surface area contributed by atoms with Crippen LogP contribution in [0.3, 0.4) is 0 Å². The summed E-state index contributed by atoms with van der Waals surface area (Å²) in [6.07, 6.45) is -2.18. The Morgan fingerprint density at radius 1 is 1.37 bits per heavy atom. The average molecular weight is 406 g/mol. The maximum atomic E-state index is 10.6. The molecule has 3 heterocycles. The number of hydrogen-bond acceptors (Lipinski definition) is 6. The molecule has 0 aromatic carbocycles. The Bertz CT molecular complexity index is 696. The number of aromatic nitrogens is 1. The number of pyridine rings is 1. The van der Waals surface area contributed by atoms with Crippen molar-refractivity contribution in [1.82, 2.24) is 15.2 Å². The maximum Gasteiger partial charge on any atom is 0.490 e. The number of carbonyl (C=O) groups is 1. The van der Waals surface area contributed by atoms with Crippen LogP contribution in [0.15, 0.2) is 12.3 Å². The second-order valence-corrected chi connectivity index (χ2v) is 6.46. The van der Waals surface area contributed by atoms with Gasteiger partial charge in [0.05, 0.1) is 5.56 Å². The molecule has 11 heteroatoms. The first-order valence-electron chi connectivity index (χ1n) is 8.28. The van der Waals surface area contributed by atoms with Crippen molar-refractivity contribution in [3.05, 3.63) is 22.8 Å². The minimum atomic E-state index is -5.08. The number of alkyl halides is 3. The molecule has 2 aliphatic heterocycles. The molecule has 0 amide bonds. The number of aliphatic carboxylic acids is 1. The third kappa shape index (κ3) is 5.69. The van der Waals surface area contributed by atoms with Gasteiger partial charge in [0, 0.05) is 45.0 Å². The zero-order valence-corrected chi connectivity index (χ0v) is 15.1. The molecule has 148 valence electrons. The van der Waals surface area contributed by atoms with E-state index in [1.165, 1.54) is 6.42 Å². The van der Waals surface area contributed by atoms with Crippen molar-refractivity contribution in [1.29, 1.82) is 5.26 Å². The van der Waals surface area contributed by atoms with Gasteiger partial charge in [-0.3, -0.25) is 4.90 Å². The first kappa shape index (κ1) is 21.2. The molecule has 3 rings (SSSR count). The summed E-state index contributed by atoms with van der Waals surface area (Å²) in [5.74, 6) is -2.01. The number of nitrogens with zero attached hydrogens (tertiary/aromatic N) is 4. The van der Waals surface area contributed by atoms with Crippen LogP contribution >= 0.6 is 11.6 Å². The van der Waals surface area contributed by atoms with Crippen LogP contribution in [0.4, 0.5) is 19.0 Å². The van der Waals surface area contributed by atoms with Crippen LogP contribution in [0, 0.1) is 11.3 Å². The maximum absolute atomic E-state index is 10.6. The van der Waals surface area contributed by atoms with Gasteiger partial charge < -0.3 is 15.3 Å². The summed E-state index contributed by atoms with van der Waals surface area (Å²) in [6, 6.07) is 4.44. The molecule has 1 unspecified atom stereocenters. The fraction of sp³-hybridized carbons (Fsp3) is 0.562. The first-order valence-corrected chi connectivity index (χ1v) is 8.66. The molecule has 2 saturated heterocycles. The molecule has 0 bridgehead atoms. The van der Waals surface area contributed by atoms with E-state index in [1.54, 1.807) is 12.3 Å². The van der Waals surface area contributed by atoms with Gasteiger partial charge in [-0.05, 0) is 19.0 Å². The van der Waals surface area contributed by atoms with Gasteiger partial charge in [0.1, 0.15) is 16.9 Å². The van der Waals surface area contributed by atoms with Crippen LogP contribution in [0.1, 0.15) is 12.0 Å². The Hall–Kier alpha value is -2.09. The van der Waals surface area contributed by atoms with Crippen molar-refractivity contribution in [3.8, 4) is 6.07 Å². The number of carboxylic acid groups (broad SMARTS) is 1. The molecule has 0 spiro atoms. The van der Waals surface area contributed by atoms with Crippen LogP contribution in [0.5, 0.6) is 0 Å². The minimum Gasteiger partial charge on any atom is -0.475 e. The van der Waals surface area contributed by atoms with Gasteiger partial charge in [0.25, 0.3) is 0 Å². The molecule has 7 nitrogen and oxygen atoms in total. The van der Waals surface area contributed by atoms with Crippen molar-refractivity contribution < 1.29 is 23.1 Å². The number of halogens is 4. The SMILES string of the molecule is N#Cc1ccnc(N2CCN(C3CCNC3)CC2)c1Cl.O=C(O)C(F)(F)F. The molecule has 0 aliphatic carbocycles. The van der Waals surface area contributed by atoms with Gasteiger partial charge >= 0.3 is 12.1 Å². The quantitative estimate of drug-likeness (QED) is 0.774. The highest BCUT2D eigenvalue weighted by Crippen LogP contribution is 2.27. The van der Waals surface area contributed by atoms with E-state index in [0.29, 0.717) is 16.6 Å². The van der Waals surface area contributed by atoms with Crippen molar-refractivity contribution in [2.24, 2.45) is 0 Å². The van der Waals surface area contributed by atoms with Gasteiger partial charge in [-0.25, -0.2) is 9.78 Å². The molecule has 1 aromatic heterocycles. The standard InChI is InChI=1S/C14H18ClN5.C2HF3O2/c15-13-11(9-16)1-4-18-14(13)20-7-5-19(6-8-20)12-2-3-17-10-12;3-2(4,5)1(6)7/h1,4,12,17H,2-3,5-8,10H2;(H,6,7). The molecule has 1 aromatic rings. The van der Waals surface area contributed by atoms with Crippen LogP contribution in [0.25, 0.3) is 0 Å². The van der Waals surface area contributed by atoms with Crippen LogP contribution in [0.2, 0.25) is 5.02 Å². The highest BCUT2D eigenvalue weighted by molar-refractivity contribution is 6.34. The van der Waals surface area contributed by atoms with Crippen molar-refractivity contribution in [3.63, 3.8) is 0 Å². The molecule has 27 heavy (non-hydrogen) atoms. The minimum absolute atomic E-state index is 0.478. The zero-order valence-electron chi connectivity index (χ0n) is 14.3. The second kappa shape index (κ2) is 9.21. The lowest BCUT2D eigenvalue weighted by Gasteiger charge is -2.38. The summed E-state index contributed by atoms with van der Waals surface area (Å²) in [5, 5.41) is 20.0. The van der Waals surface area contributed by atoms with E-state index in [0.717, 1.165) is 45.1 Å². The van der Waals surface area contributed by atoms with Crippen LogP contribution in [-0.2, 0) is 4.79 Å². The fourth-order valence-corrected chi connectivity index (χ4v) is 3.26. The van der Waals surface area contributed by atoms with E-state index in [-0.39, 0.29) is 0 Å². The first-order chi connectivity index (χ1) is 12.7. The van der Waals surface area contributed by atoms with E-state index in [4.69, 9.17) is 26.8 Å². The number of anilines is 1. The number of hydrogen-bond donors (Lipinski definition) is 2. The van der Waals surface area contributed by atoms with E-state index < -0.39 is 12.1 Å². The third-order valence-electron chi connectivity index (χ3n) is 4.40. The molecule has 2 fully saturated rings. The Labute approximate surface area is 159 Å². The molecular formula is C16H19ClF3N5O2. The Morgan fingerprint density at radius 3 is 2.48 bits per heavy atom. The molecule has 0 radical (unpaired) electrons. The summed E-state index contributed by atoms with van der Waals surface area (Å²) >= 11 is 6.26. The summed E-state index contributed by atoms with van der Waals surface area (Å²) in [5.41, 5.74) is 0.499. The average Bonchev–Trinajstić information content (AvgIpc) is 3.16. The predicted octanol–water partition coefficient (Wildman–Crippen LogP) is 1.72. The van der Waals surface area contributed by atoms with Gasteiger partial charge in [-0.2, -0.15) is 18.4 Å². The van der Waals surface area contributed by atoms with Gasteiger partial charge in [-0.15, -0.1) is 0 Å². The Balaban J connectivity index is 0.000000321. The highest BCUT2D eigenvalue weighted by Gasteiger charge is 2.38. The second-order valence-electron chi connectivity index (χ2n) is 6.08. The number of nitriles is 1. The summed E-state index contributed by atoms with van der Waals surface area (Å²) in [6.45, 7) is 6.11. The van der Waals surface area contributed by atoms with E-state index in [2.05, 4.69) is 26.2 Å². The largest absolute Gasteiger partial charge is 0.490 e. The van der Waals surface area contributed by atoms with Crippen LogP contribution < -0.4 is 10.2 Å². The fourth-order valence-electron chi connectivity index (χ4n) is 2.99. The number of carboxylic acids is 1. The topological polar surface area (TPSA) is 92.5 Å². The molecular weight excluding hydrogens is 387 g/mol. The van der Waals surface area contributed by atoms with Crippen molar-refractivity contribution >= 4 is 23.4 Å². The summed E-state index contributed by atoms with van der Waals surface area (Å²) < 4.78 is 31.7. The zero-order chi connectivity index (χ0) is 20.0. The smallest absolute Gasteiger partial charge is 0.475 e. The van der Waals surface area contributed by atoms with E-state index >= 15 is 0 Å². The van der Waals surface area contributed by atoms with Gasteiger partial charge in [-0.1, -0.05) is 11.6 Å². The lowest BCUT2D eigenvalue weighted by Crippen LogP contribution is -2.51. The lowest BCUT2D eigenvalue weighted by molar-refractivity contribution is -0.192. The Kier molecular flexibility index (Phi) is 7.24. The normalized spacial score (nSPS) is 20.6.